The minimum atomic E-state index is -0.523. The zero-order valence-corrected chi connectivity index (χ0v) is 12.6. The maximum Gasteiger partial charge on any atom is 0.410 e. The van der Waals surface area contributed by atoms with Gasteiger partial charge in [0.2, 0.25) is 5.91 Å². The summed E-state index contributed by atoms with van der Waals surface area (Å²) in [5.41, 5.74) is -0.523. The minimum Gasteiger partial charge on any atom is -0.444 e. The highest BCUT2D eigenvalue weighted by Crippen LogP contribution is 2.16. The molecule has 2 aliphatic rings. The zero-order valence-electron chi connectivity index (χ0n) is 12.6. The molecule has 20 heavy (non-hydrogen) atoms. The lowest BCUT2D eigenvalue weighted by atomic mass is 10.0. The van der Waals surface area contributed by atoms with Gasteiger partial charge in [-0.25, -0.2) is 4.79 Å². The monoisotopic (exact) mass is 283 g/mol. The van der Waals surface area contributed by atoms with Crippen molar-refractivity contribution in [2.75, 3.05) is 32.7 Å². The Morgan fingerprint density at radius 3 is 2.65 bits per heavy atom. The van der Waals surface area contributed by atoms with Gasteiger partial charge in [-0.15, -0.1) is 0 Å². The zero-order chi connectivity index (χ0) is 14.8. The van der Waals surface area contributed by atoms with Crippen LogP contribution in [0.5, 0.6) is 0 Å². The van der Waals surface area contributed by atoms with E-state index in [2.05, 4.69) is 5.32 Å². The number of nitrogens with zero attached hydrogens (tertiary/aromatic N) is 2. The Morgan fingerprint density at radius 2 is 2.10 bits per heavy atom. The number of ether oxygens (including phenoxy) is 1. The number of hydrogen-bond acceptors (Lipinski definition) is 4. The van der Waals surface area contributed by atoms with Crippen LogP contribution in [0.25, 0.3) is 0 Å². The van der Waals surface area contributed by atoms with Crippen LogP contribution in [-0.2, 0) is 9.53 Å². The highest BCUT2D eigenvalue weighted by Gasteiger charge is 2.33. The number of amides is 2. The van der Waals surface area contributed by atoms with E-state index in [9.17, 15) is 9.59 Å². The molecule has 2 saturated heterocycles. The van der Waals surface area contributed by atoms with E-state index in [1.54, 1.807) is 0 Å². The van der Waals surface area contributed by atoms with Gasteiger partial charge < -0.3 is 15.0 Å². The SMILES string of the molecule is CC(C)(C)OC(=O)N1CCN([C@@H]2CCCNC2)C(=O)C1. The molecule has 0 bridgehead atoms. The molecule has 2 aliphatic heterocycles. The molecule has 0 spiro atoms. The summed E-state index contributed by atoms with van der Waals surface area (Å²) < 4.78 is 5.31. The second-order valence-corrected chi connectivity index (χ2v) is 6.49. The molecule has 6 nitrogen and oxygen atoms in total. The van der Waals surface area contributed by atoms with E-state index in [4.69, 9.17) is 4.74 Å². The van der Waals surface area contributed by atoms with E-state index in [-0.39, 0.29) is 18.5 Å². The minimum absolute atomic E-state index is 0.0239. The van der Waals surface area contributed by atoms with Gasteiger partial charge in [-0.05, 0) is 40.2 Å². The molecule has 0 aromatic carbocycles. The van der Waals surface area contributed by atoms with Crippen LogP contribution in [0.4, 0.5) is 4.79 Å². The number of piperidine rings is 1. The Kier molecular flexibility index (Phi) is 4.52. The molecule has 0 saturated carbocycles. The summed E-state index contributed by atoms with van der Waals surface area (Å²) in [6.07, 6.45) is 1.75. The molecule has 2 amide bonds. The second-order valence-electron chi connectivity index (χ2n) is 6.49. The number of piperazine rings is 1. The summed E-state index contributed by atoms with van der Waals surface area (Å²) in [4.78, 5) is 27.6. The number of carbonyl (C=O) groups is 2. The molecule has 2 heterocycles. The lowest BCUT2D eigenvalue weighted by molar-refractivity contribution is -0.138. The van der Waals surface area contributed by atoms with E-state index in [0.717, 1.165) is 25.9 Å². The first-order chi connectivity index (χ1) is 9.37. The third-order valence-corrected chi connectivity index (χ3v) is 3.62. The van der Waals surface area contributed by atoms with Crippen molar-refractivity contribution in [1.82, 2.24) is 15.1 Å². The molecule has 114 valence electrons. The molecule has 6 heteroatoms. The average molecular weight is 283 g/mol. The summed E-state index contributed by atoms with van der Waals surface area (Å²) in [7, 11) is 0. The van der Waals surface area contributed by atoms with Crippen molar-refractivity contribution >= 4 is 12.0 Å². The fraction of sp³-hybridized carbons (Fsp3) is 0.857. The fourth-order valence-electron chi connectivity index (χ4n) is 2.65. The van der Waals surface area contributed by atoms with Crippen molar-refractivity contribution in [3.63, 3.8) is 0 Å². The number of carbonyl (C=O) groups excluding carboxylic acids is 2. The van der Waals surface area contributed by atoms with Gasteiger partial charge in [0.15, 0.2) is 0 Å². The lowest BCUT2D eigenvalue weighted by Gasteiger charge is -2.40. The standard InChI is InChI=1S/C14H25N3O3/c1-14(2,3)20-13(19)16-7-8-17(12(18)10-16)11-5-4-6-15-9-11/h11,15H,4-10H2,1-3H3/t11-/m1/s1. The lowest BCUT2D eigenvalue weighted by Crippen LogP contribution is -2.58. The van der Waals surface area contributed by atoms with E-state index in [1.807, 2.05) is 25.7 Å². The normalized spacial score (nSPS) is 24.8. The Morgan fingerprint density at radius 1 is 1.35 bits per heavy atom. The van der Waals surface area contributed by atoms with Crippen LogP contribution in [0.1, 0.15) is 33.6 Å². The van der Waals surface area contributed by atoms with Gasteiger partial charge in [0.25, 0.3) is 0 Å². The summed E-state index contributed by atoms with van der Waals surface area (Å²) in [6, 6.07) is 0.275. The van der Waals surface area contributed by atoms with Crippen LogP contribution >= 0.6 is 0 Å². The Hall–Kier alpha value is -1.30. The highest BCUT2D eigenvalue weighted by atomic mass is 16.6. The number of rotatable bonds is 1. The van der Waals surface area contributed by atoms with Gasteiger partial charge in [0.05, 0.1) is 0 Å². The van der Waals surface area contributed by atoms with Crippen molar-refractivity contribution in [2.45, 2.75) is 45.3 Å². The quantitative estimate of drug-likeness (QED) is 0.774. The Balaban J connectivity index is 1.88. The maximum atomic E-state index is 12.2. The van der Waals surface area contributed by atoms with Gasteiger partial charge in [0, 0.05) is 25.7 Å². The summed E-state index contributed by atoms with van der Waals surface area (Å²) >= 11 is 0. The predicted molar refractivity (Wildman–Crippen MR) is 75.4 cm³/mol. The smallest absolute Gasteiger partial charge is 0.410 e. The molecular formula is C14H25N3O3. The van der Waals surface area contributed by atoms with Crippen molar-refractivity contribution in [2.24, 2.45) is 0 Å². The molecule has 2 fully saturated rings. The van der Waals surface area contributed by atoms with Crippen LogP contribution in [0.15, 0.2) is 0 Å². The molecule has 0 unspecified atom stereocenters. The molecule has 2 rings (SSSR count). The fourth-order valence-corrected chi connectivity index (χ4v) is 2.65. The number of hydrogen-bond donors (Lipinski definition) is 1. The first-order valence-electron chi connectivity index (χ1n) is 7.35. The first-order valence-corrected chi connectivity index (χ1v) is 7.35. The van der Waals surface area contributed by atoms with Gasteiger partial charge >= 0.3 is 6.09 Å². The predicted octanol–water partition coefficient (Wildman–Crippen LogP) is 0.818. The third kappa shape index (κ3) is 3.85. The van der Waals surface area contributed by atoms with Crippen LogP contribution in [0.2, 0.25) is 0 Å². The van der Waals surface area contributed by atoms with Crippen molar-refractivity contribution in [3.8, 4) is 0 Å². The summed E-state index contributed by atoms with van der Waals surface area (Å²) in [5.74, 6) is 0.0239. The number of nitrogens with one attached hydrogen (secondary N) is 1. The molecule has 0 aromatic heterocycles. The average Bonchev–Trinajstić information content (AvgIpc) is 2.37. The molecular weight excluding hydrogens is 258 g/mol. The largest absolute Gasteiger partial charge is 0.444 e. The Labute approximate surface area is 120 Å². The van der Waals surface area contributed by atoms with Crippen molar-refractivity contribution < 1.29 is 14.3 Å². The van der Waals surface area contributed by atoms with E-state index in [1.165, 1.54) is 4.90 Å². The van der Waals surface area contributed by atoms with Gasteiger partial charge in [-0.1, -0.05) is 0 Å². The maximum absolute atomic E-state index is 12.2. The molecule has 0 aromatic rings. The van der Waals surface area contributed by atoms with Gasteiger partial charge in [-0.3, -0.25) is 9.69 Å². The van der Waals surface area contributed by atoms with Gasteiger partial charge in [-0.2, -0.15) is 0 Å². The first kappa shape index (κ1) is 15.1. The topological polar surface area (TPSA) is 61.9 Å². The molecule has 1 atom stereocenters. The van der Waals surface area contributed by atoms with E-state index < -0.39 is 11.7 Å². The summed E-state index contributed by atoms with van der Waals surface area (Å²) in [6.45, 7) is 8.66. The van der Waals surface area contributed by atoms with Crippen LogP contribution in [0, 0.1) is 0 Å². The van der Waals surface area contributed by atoms with Gasteiger partial charge in [0.1, 0.15) is 12.1 Å². The van der Waals surface area contributed by atoms with E-state index >= 15 is 0 Å². The van der Waals surface area contributed by atoms with Crippen LogP contribution in [-0.4, -0.2) is 66.2 Å². The molecule has 0 radical (unpaired) electrons. The van der Waals surface area contributed by atoms with Crippen LogP contribution in [0.3, 0.4) is 0 Å². The van der Waals surface area contributed by atoms with E-state index in [0.29, 0.717) is 13.1 Å². The van der Waals surface area contributed by atoms with Crippen LogP contribution < -0.4 is 5.32 Å². The Bertz CT molecular complexity index is 372. The third-order valence-electron chi connectivity index (χ3n) is 3.62. The molecule has 1 N–H and O–H groups in total. The summed E-state index contributed by atoms with van der Waals surface area (Å²) in [5, 5.41) is 3.32. The van der Waals surface area contributed by atoms with Crippen molar-refractivity contribution in [3.05, 3.63) is 0 Å². The highest BCUT2D eigenvalue weighted by molar-refractivity contribution is 5.84. The molecule has 0 aliphatic carbocycles. The van der Waals surface area contributed by atoms with Crippen molar-refractivity contribution in [1.29, 1.82) is 0 Å². The second kappa shape index (κ2) is 5.99.